The summed E-state index contributed by atoms with van der Waals surface area (Å²) in [5.74, 6) is 0.833. The molecule has 2 heterocycles. The largest absolute Gasteiger partial charge is 0.338 e. The lowest BCUT2D eigenvalue weighted by molar-refractivity contribution is 0.580. The number of nitrogens with one attached hydrogen (secondary N) is 1. The Morgan fingerprint density at radius 2 is 1.50 bits per heavy atom. The quantitative estimate of drug-likeness (QED) is 0.906. The summed E-state index contributed by atoms with van der Waals surface area (Å²) in [7, 11) is 0. The van der Waals surface area contributed by atoms with E-state index in [1.807, 2.05) is 12.4 Å². The Bertz CT molecular complexity index is 566. The van der Waals surface area contributed by atoms with Gasteiger partial charge in [-0.15, -0.1) is 0 Å². The van der Waals surface area contributed by atoms with E-state index in [-0.39, 0.29) is 0 Å². The molecular formula is C16H20N4. The normalized spacial score (nSPS) is 15.4. The molecule has 4 heteroatoms. The highest BCUT2D eigenvalue weighted by Gasteiger charge is 2.12. The highest BCUT2D eigenvalue weighted by atomic mass is 15.3. The van der Waals surface area contributed by atoms with Gasteiger partial charge in [0, 0.05) is 44.1 Å². The van der Waals surface area contributed by atoms with Gasteiger partial charge in [0.25, 0.3) is 0 Å². The van der Waals surface area contributed by atoms with E-state index in [2.05, 4.69) is 52.2 Å². The molecular weight excluding hydrogens is 248 g/mol. The van der Waals surface area contributed by atoms with Crippen molar-refractivity contribution in [2.75, 3.05) is 31.1 Å². The van der Waals surface area contributed by atoms with Gasteiger partial charge in [-0.1, -0.05) is 29.3 Å². The second-order valence-corrected chi connectivity index (χ2v) is 5.39. The molecule has 1 aromatic heterocycles. The Morgan fingerprint density at radius 3 is 2.10 bits per heavy atom. The molecule has 1 aliphatic rings. The van der Waals surface area contributed by atoms with E-state index in [0.717, 1.165) is 37.7 Å². The third-order valence-corrected chi connectivity index (χ3v) is 3.59. The van der Waals surface area contributed by atoms with E-state index in [9.17, 15) is 0 Å². The summed E-state index contributed by atoms with van der Waals surface area (Å²) in [6.45, 7) is 8.19. The van der Waals surface area contributed by atoms with Gasteiger partial charge in [-0.25, -0.2) is 9.97 Å². The number of rotatable bonds is 2. The minimum absolute atomic E-state index is 0.833. The molecule has 104 valence electrons. The van der Waals surface area contributed by atoms with Crippen molar-refractivity contribution in [2.24, 2.45) is 0 Å². The van der Waals surface area contributed by atoms with Crippen molar-refractivity contribution >= 4 is 5.95 Å². The van der Waals surface area contributed by atoms with Gasteiger partial charge in [0.2, 0.25) is 5.95 Å². The number of anilines is 1. The van der Waals surface area contributed by atoms with E-state index in [4.69, 9.17) is 0 Å². The first-order chi connectivity index (χ1) is 9.72. The summed E-state index contributed by atoms with van der Waals surface area (Å²) in [5.41, 5.74) is 4.81. The van der Waals surface area contributed by atoms with Crippen LogP contribution in [0.25, 0.3) is 11.1 Å². The molecule has 1 N–H and O–H groups in total. The third kappa shape index (κ3) is 2.80. The number of aryl methyl sites for hydroxylation is 2. The SMILES string of the molecule is Cc1cc(C)cc(-c2cnc(N3CCNCC3)nc2)c1. The second-order valence-electron chi connectivity index (χ2n) is 5.39. The molecule has 0 atom stereocenters. The van der Waals surface area contributed by atoms with E-state index >= 15 is 0 Å². The van der Waals surface area contributed by atoms with Gasteiger partial charge in [0.1, 0.15) is 0 Å². The molecule has 3 rings (SSSR count). The van der Waals surface area contributed by atoms with Crippen LogP contribution in [-0.2, 0) is 0 Å². The molecule has 1 aromatic carbocycles. The van der Waals surface area contributed by atoms with Gasteiger partial charge in [-0.05, 0) is 19.4 Å². The Labute approximate surface area is 119 Å². The molecule has 0 unspecified atom stereocenters. The molecule has 0 aliphatic carbocycles. The predicted molar refractivity (Wildman–Crippen MR) is 82.0 cm³/mol. The third-order valence-electron chi connectivity index (χ3n) is 3.59. The van der Waals surface area contributed by atoms with E-state index in [1.54, 1.807) is 0 Å². The Hall–Kier alpha value is -1.94. The number of benzene rings is 1. The number of nitrogens with zero attached hydrogens (tertiary/aromatic N) is 3. The fourth-order valence-electron chi connectivity index (χ4n) is 2.64. The van der Waals surface area contributed by atoms with Gasteiger partial charge in [0.15, 0.2) is 0 Å². The highest BCUT2D eigenvalue weighted by Crippen LogP contribution is 2.22. The van der Waals surface area contributed by atoms with Crippen molar-refractivity contribution in [2.45, 2.75) is 13.8 Å². The first kappa shape index (κ1) is 13.1. The Morgan fingerprint density at radius 1 is 0.900 bits per heavy atom. The molecule has 0 spiro atoms. The monoisotopic (exact) mass is 268 g/mol. The van der Waals surface area contributed by atoms with Crippen LogP contribution in [0.15, 0.2) is 30.6 Å². The Balaban J connectivity index is 1.85. The van der Waals surface area contributed by atoms with Crippen LogP contribution in [0.1, 0.15) is 11.1 Å². The second kappa shape index (κ2) is 5.59. The number of hydrogen-bond acceptors (Lipinski definition) is 4. The lowest BCUT2D eigenvalue weighted by Crippen LogP contribution is -2.44. The molecule has 0 radical (unpaired) electrons. The summed E-state index contributed by atoms with van der Waals surface area (Å²) >= 11 is 0. The maximum atomic E-state index is 4.53. The summed E-state index contributed by atoms with van der Waals surface area (Å²) in [4.78, 5) is 11.3. The van der Waals surface area contributed by atoms with Gasteiger partial charge in [0.05, 0.1) is 0 Å². The molecule has 1 saturated heterocycles. The summed E-state index contributed by atoms with van der Waals surface area (Å²) in [6.07, 6.45) is 3.86. The molecule has 0 saturated carbocycles. The summed E-state index contributed by atoms with van der Waals surface area (Å²) in [6, 6.07) is 6.53. The van der Waals surface area contributed by atoms with Crippen molar-refractivity contribution in [3.05, 3.63) is 41.7 Å². The molecule has 1 fully saturated rings. The maximum absolute atomic E-state index is 4.53. The average molecular weight is 268 g/mol. The highest BCUT2D eigenvalue weighted by molar-refractivity contribution is 5.64. The van der Waals surface area contributed by atoms with Gasteiger partial charge in [-0.3, -0.25) is 0 Å². The van der Waals surface area contributed by atoms with Gasteiger partial charge in [-0.2, -0.15) is 0 Å². The van der Waals surface area contributed by atoms with E-state index in [1.165, 1.54) is 16.7 Å². The fourth-order valence-corrected chi connectivity index (χ4v) is 2.64. The number of hydrogen-bond donors (Lipinski definition) is 1. The molecule has 4 nitrogen and oxygen atoms in total. The smallest absolute Gasteiger partial charge is 0.225 e. The van der Waals surface area contributed by atoms with Crippen LogP contribution in [0.2, 0.25) is 0 Å². The number of piperazine rings is 1. The van der Waals surface area contributed by atoms with Crippen LogP contribution in [0.4, 0.5) is 5.95 Å². The first-order valence-electron chi connectivity index (χ1n) is 7.09. The van der Waals surface area contributed by atoms with Crippen LogP contribution in [0, 0.1) is 13.8 Å². The van der Waals surface area contributed by atoms with Crippen molar-refractivity contribution in [1.82, 2.24) is 15.3 Å². The molecule has 1 aliphatic heterocycles. The van der Waals surface area contributed by atoms with Crippen LogP contribution in [0.3, 0.4) is 0 Å². The van der Waals surface area contributed by atoms with E-state index in [0.29, 0.717) is 0 Å². The topological polar surface area (TPSA) is 41.1 Å². The van der Waals surface area contributed by atoms with Crippen molar-refractivity contribution in [3.63, 3.8) is 0 Å². The zero-order chi connectivity index (χ0) is 13.9. The van der Waals surface area contributed by atoms with Crippen LogP contribution in [-0.4, -0.2) is 36.1 Å². The minimum Gasteiger partial charge on any atom is -0.338 e. The summed E-state index contributed by atoms with van der Waals surface area (Å²) in [5, 5.41) is 3.34. The van der Waals surface area contributed by atoms with Gasteiger partial charge < -0.3 is 10.2 Å². The zero-order valence-corrected chi connectivity index (χ0v) is 12.1. The van der Waals surface area contributed by atoms with Crippen molar-refractivity contribution < 1.29 is 0 Å². The predicted octanol–water partition coefficient (Wildman–Crippen LogP) is 2.17. The molecule has 2 aromatic rings. The van der Waals surface area contributed by atoms with Crippen LogP contribution < -0.4 is 10.2 Å². The summed E-state index contributed by atoms with van der Waals surface area (Å²) < 4.78 is 0. The van der Waals surface area contributed by atoms with Crippen LogP contribution in [0.5, 0.6) is 0 Å². The van der Waals surface area contributed by atoms with Crippen molar-refractivity contribution in [1.29, 1.82) is 0 Å². The van der Waals surface area contributed by atoms with E-state index < -0.39 is 0 Å². The standard InChI is InChI=1S/C16H20N4/c1-12-7-13(2)9-14(8-12)15-10-18-16(19-11-15)20-5-3-17-4-6-20/h7-11,17H,3-6H2,1-2H3. The lowest BCUT2D eigenvalue weighted by Gasteiger charge is -2.27. The first-order valence-corrected chi connectivity index (χ1v) is 7.09. The Kier molecular flexibility index (Phi) is 3.65. The molecule has 0 bridgehead atoms. The minimum atomic E-state index is 0.833. The number of aromatic nitrogens is 2. The molecule has 20 heavy (non-hydrogen) atoms. The van der Waals surface area contributed by atoms with Crippen molar-refractivity contribution in [3.8, 4) is 11.1 Å². The van der Waals surface area contributed by atoms with Gasteiger partial charge >= 0.3 is 0 Å². The molecule has 0 amide bonds. The fraction of sp³-hybridized carbons (Fsp3) is 0.375. The maximum Gasteiger partial charge on any atom is 0.225 e. The average Bonchev–Trinajstić information content (AvgIpc) is 2.47. The lowest BCUT2D eigenvalue weighted by atomic mass is 10.0. The zero-order valence-electron chi connectivity index (χ0n) is 12.1. The van der Waals surface area contributed by atoms with Crippen LogP contribution >= 0.6 is 0 Å².